The van der Waals surface area contributed by atoms with E-state index in [1.165, 1.54) is 44.1 Å². The average molecular weight is 590 g/mol. The summed E-state index contributed by atoms with van der Waals surface area (Å²) in [6.45, 7) is 10.9. The average Bonchev–Trinajstić information content (AvgIpc) is 3.65. The zero-order chi connectivity index (χ0) is 29.9. The van der Waals surface area contributed by atoms with E-state index >= 15 is 0 Å². The van der Waals surface area contributed by atoms with Crippen molar-refractivity contribution in [3.63, 3.8) is 0 Å². The molecule has 4 saturated carbocycles. The molecule has 0 spiro atoms. The van der Waals surface area contributed by atoms with E-state index in [0.29, 0.717) is 41.9 Å². The van der Waals surface area contributed by atoms with Gasteiger partial charge in [0, 0.05) is 38.6 Å². The second-order valence-corrected chi connectivity index (χ2v) is 15.7. The SMILES string of the molecule is CC(C)[C@@H]1CN=C(N)N1C[C@@H]1CCCN1[C@@H](Cc1ccccc1)N1C[C@@H]([C@@H](C)O)N(CC23CC4CC(CC(C4)C2)C3)C1=N. The molecule has 4 N–H and O–H groups in total. The molecule has 43 heavy (non-hydrogen) atoms. The van der Waals surface area contributed by atoms with Crippen molar-refractivity contribution in [2.45, 2.75) is 109 Å². The summed E-state index contributed by atoms with van der Waals surface area (Å²) in [5.41, 5.74) is 8.10. The number of hydrogen-bond acceptors (Lipinski definition) is 6. The van der Waals surface area contributed by atoms with Crippen molar-refractivity contribution in [2.75, 3.05) is 32.7 Å². The molecule has 1 aromatic rings. The number of aliphatic hydroxyl groups is 1. The maximum Gasteiger partial charge on any atom is 0.195 e. The van der Waals surface area contributed by atoms with E-state index in [9.17, 15) is 10.5 Å². The highest BCUT2D eigenvalue weighted by Gasteiger charge is 2.54. The third kappa shape index (κ3) is 5.56. The smallest absolute Gasteiger partial charge is 0.195 e. The lowest BCUT2D eigenvalue weighted by molar-refractivity contribution is -0.0673. The van der Waals surface area contributed by atoms with Gasteiger partial charge in [0.1, 0.15) is 0 Å². The molecule has 7 aliphatic rings. The van der Waals surface area contributed by atoms with Crippen LogP contribution in [0.3, 0.4) is 0 Å². The molecule has 236 valence electrons. The van der Waals surface area contributed by atoms with Crippen LogP contribution >= 0.6 is 0 Å². The number of nitrogens with two attached hydrogens (primary N) is 1. The predicted molar refractivity (Wildman–Crippen MR) is 173 cm³/mol. The van der Waals surface area contributed by atoms with Crippen molar-refractivity contribution in [3.05, 3.63) is 35.9 Å². The zero-order valence-corrected chi connectivity index (χ0v) is 26.7. The highest BCUT2D eigenvalue weighted by atomic mass is 16.3. The number of aliphatic imine (C=N–C) groups is 1. The molecule has 8 heteroatoms. The van der Waals surface area contributed by atoms with Gasteiger partial charge >= 0.3 is 0 Å². The standard InChI is InChI=1S/C35H55N7O/c1-23(2)30-19-38-33(36)40(30)20-29-10-7-11-39(29)32(15-25-8-5-4-6-9-25)41-21-31(24(3)43)42(34(41)37)22-35-16-26-12-27(17-35)14-28(13-26)18-35/h4-6,8-9,23-24,26-32,37,43H,7,10-22H2,1-3H3,(H2,36,38)/t24-,26?,27?,28?,29+,30+,31+,32-,35?/m1/s1. The summed E-state index contributed by atoms with van der Waals surface area (Å²) in [5.74, 6) is 4.48. The summed E-state index contributed by atoms with van der Waals surface area (Å²) < 4.78 is 0. The van der Waals surface area contributed by atoms with Gasteiger partial charge in [-0.05, 0) is 92.9 Å². The fourth-order valence-corrected chi connectivity index (χ4v) is 10.7. The Hall–Kier alpha value is -2.32. The zero-order valence-electron chi connectivity index (χ0n) is 26.7. The normalized spacial score (nSPS) is 37.2. The van der Waals surface area contributed by atoms with E-state index in [-0.39, 0.29) is 12.2 Å². The molecule has 1 aromatic carbocycles. The largest absolute Gasteiger partial charge is 0.391 e. The van der Waals surface area contributed by atoms with Crippen molar-refractivity contribution >= 4 is 11.9 Å². The lowest BCUT2D eigenvalue weighted by Gasteiger charge is -2.58. The molecule has 0 radical (unpaired) electrons. The minimum Gasteiger partial charge on any atom is -0.391 e. The van der Waals surface area contributed by atoms with Gasteiger partial charge in [0.2, 0.25) is 0 Å². The quantitative estimate of drug-likeness (QED) is 0.379. The first-order valence-corrected chi connectivity index (χ1v) is 17.4. The molecule has 2 saturated heterocycles. The molecule has 6 fully saturated rings. The van der Waals surface area contributed by atoms with Crippen molar-refractivity contribution in [2.24, 2.45) is 39.8 Å². The monoisotopic (exact) mass is 589 g/mol. The molecule has 4 aliphatic carbocycles. The van der Waals surface area contributed by atoms with Crippen LogP contribution in [0.15, 0.2) is 35.3 Å². The van der Waals surface area contributed by atoms with Gasteiger partial charge in [-0.1, -0.05) is 44.2 Å². The van der Waals surface area contributed by atoms with Crippen LogP contribution in [0.4, 0.5) is 0 Å². The summed E-state index contributed by atoms with van der Waals surface area (Å²) in [5, 5.41) is 20.9. The summed E-state index contributed by atoms with van der Waals surface area (Å²) >= 11 is 0. The van der Waals surface area contributed by atoms with E-state index in [0.717, 1.165) is 63.2 Å². The Morgan fingerprint density at radius 2 is 1.67 bits per heavy atom. The molecule has 0 aromatic heterocycles. The van der Waals surface area contributed by atoms with Crippen LogP contribution in [-0.4, -0.2) is 99.7 Å². The first-order valence-electron chi connectivity index (χ1n) is 17.4. The van der Waals surface area contributed by atoms with Crippen LogP contribution < -0.4 is 5.73 Å². The van der Waals surface area contributed by atoms with Gasteiger partial charge in [0.25, 0.3) is 0 Å². The summed E-state index contributed by atoms with van der Waals surface area (Å²) in [6.07, 6.45) is 11.0. The summed E-state index contributed by atoms with van der Waals surface area (Å²) in [6, 6.07) is 11.5. The van der Waals surface area contributed by atoms with E-state index in [4.69, 9.17) is 5.73 Å². The number of hydrogen-bond donors (Lipinski definition) is 3. The Labute approximate surface area is 259 Å². The maximum absolute atomic E-state index is 11.1. The highest BCUT2D eigenvalue weighted by molar-refractivity contribution is 5.81. The number of likely N-dealkylation sites (tertiary alicyclic amines) is 1. The lowest BCUT2D eigenvalue weighted by atomic mass is 9.49. The molecule has 8 nitrogen and oxygen atoms in total. The molecule has 3 heterocycles. The molecule has 0 amide bonds. The number of aliphatic hydroxyl groups excluding tert-OH is 1. The van der Waals surface area contributed by atoms with E-state index in [1.54, 1.807) is 0 Å². The molecular formula is C35H55N7O. The lowest BCUT2D eigenvalue weighted by Crippen LogP contribution is -2.57. The molecular weight excluding hydrogens is 534 g/mol. The van der Waals surface area contributed by atoms with Gasteiger partial charge in [-0.3, -0.25) is 15.3 Å². The van der Waals surface area contributed by atoms with Gasteiger partial charge in [-0.2, -0.15) is 0 Å². The maximum atomic E-state index is 11.1. The summed E-state index contributed by atoms with van der Waals surface area (Å²) in [4.78, 5) is 14.4. The van der Waals surface area contributed by atoms with Crippen LogP contribution in [0.25, 0.3) is 0 Å². The number of benzene rings is 1. The van der Waals surface area contributed by atoms with Gasteiger partial charge in [0.15, 0.2) is 11.9 Å². The van der Waals surface area contributed by atoms with Crippen molar-refractivity contribution in [1.82, 2.24) is 19.6 Å². The molecule has 5 atom stereocenters. The van der Waals surface area contributed by atoms with Crippen molar-refractivity contribution < 1.29 is 5.11 Å². The van der Waals surface area contributed by atoms with Gasteiger partial charge < -0.3 is 25.5 Å². The fourth-order valence-electron chi connectivity index (χ4n) is 10.7. The molecule has 8 rings (SSSR count). The Bertz CT molecular complexity index is 1150. The summed E-state index contributed by atoms with van der Waals surface area (Å²) in [7, 11) is 0. The number of rotatable bonds is 10. The van der Waals surface area contributed by atoms with Crippen molar-refractivity contribution in [1.29, 1.82) is 5.41 Å². The van der Waals surface area contributed by atoms with Crippen LogP contribution in [0.5, 0.6) is 0 Å². The van der Waals surface area contributed by atoms with E-state index in [1.807, 2.05) is 6.92 Å². The second kappa shape index (κ2) is 11.6. The van der Waals surface area contributed by atoms with E-state index < -0.39 is 6.10 Å². The number of nitrogens with zero attached hydrogens (tertiary/aromatic N) is 5. The fraction of sp³-hybridized carbons (Fsp3) is 0.771. The minimum atomic E-state index is -0.474. The van der Waals surface area contributed by atoms with Crippen LogP contribution in [0, 0.1) is 34.5 Å². The predicted octanol–water partition coefficient (Wildman–Crippen LogP) is 4.19. The Morgan fingerprint density at radius 1 is 1.00 bits per heavy atom. The third-order valence-corrected chi connectivity index (χ3v) is 12.3. The minimum absolute atomic E-state index is 0.0356. The van der Waals surface area contributed by atoms with Gasteiger partial charge in [-0.25, -0.2) is 0 Å². The topological polar surface area (TPSA) is 95.4 Å². The Kier molecular flexibility index (Phi) is 7.90. The van der Waals surface area contributed by atoms with E-state index in [2.05, 4.69) is 68.8 Å². The van der Waals surface area contributed by atoms with Crippen LogP contribution in [0.2, 0.25) is 0 Å². The van der Waals surface area contributed by atoms with Gasteiger partial charge in [-0.15, -0.1) is 0 Å². The second-order valence-electron chi connectivity index (χ2n) is 15.7. The van der Waals surface area contributed by atoms with Crippen LogP contribution in [0.1, 0.15) is 77.7 Å². The van der Waals surface area contributed by atoms with Gasteiger partial charge in [0.05, 0.1) is 30.9 Å². The highest BCUT2D eigenvalue weighted by Crippen LogP contribution is 2.60. The number of nitrogens with one attached hydrogen (secondary N) is 1. The van der Waals surface area contributed by atoms with Crippen molar-refractivity contribution in [3.8, 4) is 0 Å². The Morgan fingerprint density at radius 3 is 2.30 bits per heavy atom. The molecule has 0 unspecified atom stereocenters. The number of guanidine groups is 2. The third-order valence-electron chi connectivity index (χ3n) is 12.3. The molecule has 3 aliphatic heterocycles. The first kappa shape index (κ1) is 29.4. The van der Waals surface area contributed by atoms with Crippen LogP contribution in [-0.2, 0) is 6.42 Å². The Balaban J connectivity index is 1.16. The first-order chi connectivity index (χ1) is 20.7. The molecule has 4 bridgehead atoms.